The van der Waals surface area contributed by atoms with E-state index in [4.69, 9.17) is 33.7 Å². The zero-order valence-corrected chi connectivity index (χ0v) is 12.0. The predicted octanol–water partition coefficient (Wildman–Crippen LogP) is 3.19. The first-order chi connectivity index (χ1) is 8.60. The van der Waals surface area contributed by atoms with Crippen molar-refractivity contribution >= 4 is 28.9 Å². The number of likely N-dealkylation sites (tertiary alicyclic amines) is 1. The average molecular weight is 289 g/mol. The van der Waals surface area contributed by atoms with Crippen molar-refractivity contribution in [1.82, 2.24) is 4.90 Å². The van der Waals surface area contributed by atoms with Crippen molar-refractivity contribution in [2.75, 3.05) is 25.9 Å². The zero-order valence-electron chi connectivity index (χ0n) is 10.5. The van der Waals surface area contributed by atoms with E-state index in [2.05, 4.69) is 4.90 Å². The lowest BCUT2D eigenvalue weighted by Crippen LogP contribution is -2.38. The summed E-state index contributed by atoms with van der Waals surface area (Å²) in [7, 11) is 1.77. The zero-order chi connectivity index (χ0) is 13.1. The van der Waals surface area contributed by atoms with Gasteiger partial charge in [-0.3, -0.25) is 4.90 Å². The molecule has 1 aromatic carbocycles. The van der Waals surface area contributed by atoms with Crippen LogP contribution < -0.4 is 5.73 Å². The number of piperidine rings is 1. The van der Waals surface area contributed by atoms with E-state index in [1.165, 1.54) is 0 Å². The molecular formula is C13H18Cl2N2O. The first-order valence-corrected chi connectivity index (χ1v) is 6.84. The number of hydrogen-bond donors (Lipinski definition) is 1. The van der Waals surface area contributed by atoms with Crippen molar-refractivity contribution in [3.05, 3.63) is 27.7 Å². The van der Waals surface area contributed by atoms with Crippen LogP contribution in [-0.4, -0.2) is 31.2 Å². The van der Waals surface area contributed by atoms with Gasteiger partial charge in [0.2, 0.25) is 0 Å². The molecule has 1 aromatic rings. The molecule has 1 unspecified atom stereocenters. The minimum atomic E-state index is 0.332. The Morgan fingerprint density at radius 2 is 2.06 bits per heavy atom. The number of benzene rings is 1. The molecule has 2 rings (SSSR count). The molecule has 5 heteroatoms. The average Bonchev–Trinajstić information content (AvgIpc) is 2.36. The van der Waals surface area contributed by atoms with Gasteiger partial charge < -0.3 is 10.5 Å². The van der Waals surface area contributed by atoms with Gasteiger partial charge in [0.25, 0.3) is 0 Å². The molecule has 2 N–H and O–H groups in total. The summed E-state index contributed by atoms with van der Waals surface area (Å²) in [6.07, 6.45) is 2.63. The van der Waals surface area contributed by atoms with E-state index in [0.29, 0.717) is 21.8 Å². The van der Waals surface area contributed by atoms with Gasteiger partial charge in [-0.25, -0.2) is 0 Å². The van der Waals surface area contributed by atoms with Gasteiger partial charge in [-0.2, -0.15) is 0 Å². The van der Waals surface area contributed by atoms with Crippen LogP contribution >= 0.6 is 23.2 Å². The highest BCUT2D eigenvalue weighted by Gasteiger charge is 2.19. The summed E-state index contributed by atoms with van der Waals surface area (Å²) in [6, 6.07) is 3.78. The molecular weight excluding hydrogens is 271 g/mol. The van der Waals surface area contributed by atoms with E-state index < -0.39 is 0 Å². The van der Waals surface area contributed by atoms with E-state index in [9.17, 15) is 0 Å². The molecule has 0 aromatic heterocycles. The fourth-order valence-corrected chi connectivity index (χ4v) is 2.87. The number of rotatable bonds is 3. The van der Waals surface area contributed by atoms with Crippen LogP contribution in [0.25, 0.3) is 0 Å². The third-order valence-electron chi connectivity index (χ3n) is 3.34. The molecule has 0 saturated carbocycles. The molecule has 1 aliphatic rings. The van der Waals surface area contributed by atoms with Crippen LogP contribution in [0, 0.1) is 0 Å². The van der Waals surface area contributed by atoms with Crippen LogP contribution in [0.3, 0.4) is 0 Å². The summed E-state index contributed by atoms with van der Waals surface area (Å²) in [5.41, 5.74) is 7.28. The number of hydrogen-bond acceptors (Lipinski definition) is 3. The van der Waals surface area contributed by atoms with Crippen molar-refractivity contribution in [3.63, 3.8) is 0 Å². The number of methoxy groups -OCH3 is 1. The number of nitrogen functional groups attached to an aromatic ring is 1. The number of anilines is 1. The van der Waals surface area contributed by atoms with E-state index in [1.807, 2.05) is 12.1 Å². The third kappa shape index (κ3) is 3.29. The van der Waals surface area contributed by atoms with Crippen LogP contribution in [0.5, 0.6) is 0 Å². The van der Waals surface area contributed by atoms with Crippen molar-refractivity contribution in [1.29, 1.82) is 0 Å². The summed E-state index contributed by atoms with van der Waals surface area (Å²) >= 11 is 12.1. The third-order valence-corrected chi connectivity index (χ3v) is 3.97. The maximum atomic E-state index is 6.04. The smallest absolute Gasteiger partial charge is 0.0698 e. The molecule has 1 aliphatic heterocycles. The fourth-order valence-electron chi connectivity index (χ4n) is 2.34. The van der Waals surface area contributed by atoms with Gasteiger partial charge >= 0.3 is 0 Å². The van der Waals surface area contributed by atoms with Crippen molar-refractivity contribution < 1.29 is 4.74 Å². The second-order valence-corrected chi connectivity index (χ2v) is 5.52. The molecule has 1 fully saturated rings. The highest BCUT2D eigenvalue weighted by molar-refractivity contribution is 6.38. The summed E-state index contributed by atoms with van der Waals surface area (Å²) in [6.45, 7) is 2.87. The minimum absolute atomic E-state index is 0.332. The van der Waals surface area contributed by atoms with Gasteiger partial charge in [0.15, 0.2) is 0 Å². The normalized spacial score (nSPS) is 21.2. The van der Waals surface area contributed by atoms with Gasteiger partial charge in [0, 0.05) is 20.2 Å². The second-order valence-electron chi connectivity index (χ2n) is 4.71. The van der Waals surface area contributed by atoms with Crippen molar-refractivity contribution in [2.24, 2.45) is 0 Å². The number of halogens is 2. The lowest BCUT2D eigenvalue weighted by Gasteiger charge is -2.32. The van der Waals surface area contributed by atoms with Gasteiger partial charge in [-0.05, 0) is 37.1 Å². The molecule has 18 heavy (non-hydrogen) atoms. The number of ether oxygens (including phenoxy) is 1. The lowest BCUT2D eigenvalue weighted by molar-refractivity contribution is 0.0285. The molecule has 0 spiro atoms. The first kappa shape index (κ1) is 13.9. The summed E-state index contributed by atoms with van der Waals surface area (Å²) in [4.78, 5) is 2.36. The Kier molecular flexibility index (Phi) is 4.73. The van der Waals surface area contributed by atoms with E-state index in [1.54, 1.807) is 7.11 Å². The standard InChI is InChI=1S/C13H18Cl2N2O/c1-18-10-3-2-4-17(8-10)7-9-5-11(14)13(16)12(15)6-9/h5-6,10H,2-4,7-8,16H2,1H3. The predicted molar refractivity (Wildman–Crippen MR) is 76.2 cm³/mol. The molecule has 0 amide bonds. The number of nitrogens with two attached hydrogens (primary N) is 1. The highest BCUT2D eigenvalue weighted by atomic mass is 35.5. The molecule has 100 valence electrons. The molecule has 1 saturated heterocycles. The maximum absolute atomic E-state index is 6.04. The molecule has 3 nitrogen and oxygen atoms in total. The molecule has 1 heterocycles. The topological polar surface area (TPSA) is 38.5 Å². The van der Waals surface area contributed by atoms with Crippen LogP contribution in [0.1, 0.15) is 18.4 Å². The van der Waals surface area contributed by atoms with E-state index >= 15 is 0 Å². The van der Waals surface area contributed by atoms with Crippen molar-refractivity contribution in [3.8, 4) is 0 Å². The largest absolute Gasteiger partial charge is 0.396 e. The van der Waals surface area contributed by atoms with Gasteiger partial charge in [0.05, 0.1) is 21.8 Å². The van der Waals surface area contributed by atoms with Crippen LogP contribution in [0.2, 0.25) is 10.0 Å². The van der Waals surface area contributed by atoms with Gasteiger partial charge in [-0.15, -0.1) is 0 Å². The first-order valence-electron chi connectivity index (χ1n) is 6.08. The number of nitrogens with zero attached hydrogens (tertiary/aromatic N) is 1. The summed E-state index contributed by atoms with van der Waals surface area (Å²) in [5, 5.41) is 1.05. The fraction of sp³-hybridized carbons (Fsp3) is 0.538. The molecule has 0 aliphatic carbocycles. The Morgan fingerprint density at radius 3 is 2.67 bits per heavy atom. The van der Waals surface area contributed by atoms with Crippen LogP contribution in [0.15, 0.2) is 12.1 Å². The van der Waals surface area contributed by atoms with Crippen LogP contribution in [0.4, 0.5) is 5.69 Å². The monoisotopic (exact) mass is 288 g/mol. The molecule has 1 atom stereocenters. The summed E-state index contributed by atoms with van der Waals surface area (Å²) in [5.74, 6) is 0. The minimum Gasteiger partial charge on any atom is -0.396 e. The SMILES string of the molecule is COC1CCCN(Cc2cc(Cl)c(N)c(Cl)c2)C1. The molecule has 0 bridgehead atoms. The van der Waals surface area contributed by atoms with E-state index in [-0.39, 0.29) is 0 Å². The van der Waals surface area contributed by atoms with Gasteiger partial charge in [-0.1, -0.05) is 23.2 Å². The summed E-state index contributed by atoms with van der Waals surface area (Å²) < 4.78 is 5.41. The lowest BCUT2D eigenvalue weighted by atomic mass is 10.1. The van der Waals surface area contributed by atoms with Crippen molar-refractivity contribution in [2.45, 2.75) is 25.5 Å². The van der Waals surface area contributed by atoms with E-state index in [0.717, 1.165) is 38.0 Å². The maximum Gasteiger partial charge on any atom is 0.0698 e. The Morgan fingerprint density at radius 1 is 1.39 bits per heavy atom. The Hall–Kier alpha value is -0.480. The second kappa shape index (κ2) is 6.11. The highest BCUT2D eigenvalue weighted by Crippen LogP contribution is 2.29. The quantitative estimate of drug-likeness (QED) is 0.868. The van der Waals surface area contributed by atoms with Gasteiger partial charge in [0.1, 0.15) is 0 Å². The van der Waals surface area contributed by atoms with Crippen LogP contribution in [-0.2, 0) is 11.3 Å². The Labute approximate surface area is 118 Å². The Balaban J connectivity index is 2.05. The molecule has 0 radical (unpaired) electrons. The Bertz CT molecular complexity index is 402.